The molecule has 6 heteroatoms. The maximum absolute atomic E-state index is 14.1. The maximum atomic E-state index is 14.1. The van der Waals surface area contributed by atoms with Crippen molar-refractivity contribution in [1.82, 2.24) is 0 Å². The van der Waals surface area contributed by atoms with Crippen LogP contribution in [0.15, 0.2) is 41.0 Å². The molecule has 1 aromatic carbocycles. The predicted octanol–water partition coefficient (Wildman–Crippen LogP) is 4.13. The second-order valence-corrected chi connectivity index (χ2v) is 6.25. The maximum Gasteiger partial charge on any atom is 0.167 e. The zero-order valence-corrected chi connectivity index (χ0v) is 13.3. The molecule has 1 atom stereocenters. The van der Waals surface area contributed by atoms with Crippen molar-refractivity contribution in [3.63, 3.8) is 0 Å². The molecule has 0 amide bonds. The van der Waals surface area contributed by atoms with E-state index >= 15 is 0 Å². The van der Waals surface area contributed by atoms with Gasteiger partial charge in [-0.2, -0.15) is 0 Å². The first-order valence-corrected chi connectivity index (χ1v) is 7.90. The van der Waals surface area contributed by atoms with Crippen molar-refractivity contribution < 1.29 is 18.3 Å². The first-order valence-electron chi connectivity index (χ1n) is 7.53. The minimum absolute atomic E-state index is 0.109. The minimum atomic E-state index is -1.25. The molecule has 23 heavy (non-hydrogen) atoms. The molecule has 1 fully saturated rings. The van der Waals surface area contributed by atoms with Gasteiger partial charge in [-0.05, 0) is 23.8 Å². The van der Waals surface area contributed by atoms with Crippen LogP contribution in [0.2, 0.25) is 0 Å². The van der Waals surface area contributed by atoms with E-state index in [1.54, 1.807) is 18.2 Å². The Kier molecular flexibility index (Phi) is 4.60. The summed E-state index contributed by atoms with van der Waals surface area (Å²) in [6.45, 7) is 0.949. The van der Waals surface area contributed by atoms with Crippen LogP contribution < -0.4 is 10.5 Å². The van der Waals surface area contributed by atoms with Crippen molar-refractivity contribution in [2.24, 2.45) is 0 Å². The van der Waals surface area contributed by atoms with E-state index in [9.17, 15) is 8.78 Å². The van der Waals surface area contributed by atoms with Crippen LogP contribution in [-0.2, 0) is 4.74 Å². The van der Waals surface area contributed by atoms with E-state index < -0.39 is 17.6 Å². The van der Waals surface area contributed by atoms with Crippen LogP contribution >= 0.6 is 11.6 Å². The third kappa shape index (κ3) is 3.35. The van der Waals surface area contributed by atoms with E-state index in [1.807, 2.05) is 0 Å². The van der Waals surface area contributed by atoms with Crippen molar-refractivity contribution in [1.29, 1.82) is 0 Å². The lowest BCUT2D eigenvalue weighted by Crippen LogP contribution is -2.45. The molecule has 1 aliphatic carbocycles. The molecule has 1 aliphatic heterocycles. The monoisotopic (exact) mass is 341 g/mol. The fourth-order valence-corrected chi connectivity index (χ4v) is 3.12. The van der Waals surface area contributed by atoms with Crippen LogP contribution in [0.4, 0.5) is 14.5 Å². The van der Waals surface area contributed by atoms with Crippen LogP contribution in [0.5, 0.6) is 5.75 Å². The molecule has 0 saturated carbocycles. The summed E-state index contributed by atoms with van der Waals surface area (Å²) in [5.41, 5.74) is 5.88. The van der Waals surface area contributed by atoms with E-state index in [0.29, 0.717) is 31.7 Å². The lowest BCUT2D eigenvalue weighted by molar-refractivity contribution is -0.0281. The van der Waals surface area contributed by atoms with Gasteiger partial charge in [0.1, 0.15) is 11.8 Å². The molecule has 0 spiro atoms. The van der Waals surface area contributed by atoms with Crippen molar-refractivity contribution in [3.05, 3.63) is 46.8 Å². The second-order valence-electron chi connectivity index (χ2n) is 5.81. The Labute approximate surface area is 138 Å². The Morgan fingerprint density at radius 1 is 1.26 bits per heavy atom. The topological polar surface area (TPSA) is 44.5 Å². The van der Waals surface area contributed by atoms with Crippen LogP contribution in [-0.4, -0.2) is 25.0 Å². The van der Waals surface area contributed by atoms with Gasteiger partial charge in [0.2, 0.25) is 0 Å². The SMILES string of the molecule is Nc1ccc(OC2(C3=CC=C(Cl)C(F)C3)CCOCC2)c(F)c1. The highest BCUT2D eigenvalue weighted by Gasteiger charge is 2.41. The van der Waals surface area contributed by atoms with E-state index in [4.69, 9.17) is 26.8 Å². The average Bonchev–Trinajstić information content (AvgIpc) is 2.54. The predicted molar refractivity (Wildman–Crippen MR) is 85.8 cm³/mol. The number of rotatable bonds is 3. The number of hydrogen-bond acceptors (Lipinski definition) is 3. The van der Waals surface area contributed by atoms with Gasteiger partial charge in [0, 0.05) is 31.0 Å². The lowest BCUT2D eigenvalue weighted by atomic mass is 9.81. The largest absolute Gasteiger partial charge is 0.480 e. The molecule has 0 aromatic heterocycles. The number of anilines is 1. The smallest absolute Gasteiger partial charge is 0.167 e. The molecule has 1 saturated heterocycles. The van der Waals surface area contributed by atoms with Crippen molar-refractivity contribution in [2.45, 2.75) is 31.0 Å². The molecule has 124 valence electrons. The molecule has 3 nitrogen and oxygen atoms in total. The van der Waals surface area contributed by atoms with E-state index in [-0.39, 0.29) is 17.2 Å². The average molecular weight is 342 g/mol. The summed E-state index contributed by atoms with van der Waals surface area (Å²) in [4.78, 5) is 0. The zero-order valence-electron chi connectivity index (χ0n) is 12.5. The molecule has 0 bridgehead atoms. The zero-order chi connectivity index (χ0) is 16.4. The molecule has 1 heterocycles. The number of hydrogen-bond donors (Lipinski definition) is 1. The number of alkyl halides is 1. The third-order valence-corrected chi connectivity index (χ3v) is 4.65. The number of nitrogens with two attached hydrogens (primary N) is 1. The van der Waals surface area contributed by atoms with Crippen LogP contribution in [0.25, 0.3) is 0 Å². The highest BCUT2D eigenvalue weighted by atomic mass is 35.5. The number of nitrogen functional groups attached to an aromatic ring is 1. The minimum Gasteiger partial charge on any atom is -0.480 e. The molecular formula is C17H18ClF2NO2. The van der Waals surface area contributed by atoms with Gasteiger partial charge >= 0.3 is 0 Å². The Bertz CT molecular complexity index is 654. The summed E-state index contributed by atoms with van der Waals surface area (Å²) in [6, 6.07) is 4.29. The van der Waals surface area contributed by atoms with E-state index in [2.05, 4.69) is 0 Å². The summed E-state index contributed by atoms with van der Waals surface area (Å²) in [6.07, 6.45) is 3.27. The van der Waals surface area contributed by atoms with Crippen LogP contribution in [0.1, 0.15) is 19.3 Å². The Morgan fingerprint density at radius 3 is 2.65 bits per heavy atom. The highest BCUT2D eigenvalue weighted by molar-refractivity contribution is 6.30. The third-order valence-electron chi connectivity index (χ3n) is 4.29. The van der Waals surface area contributed by atoms with E-state index in [0.717, 1.165) is 5.57 Å². The first kappa shape index (κ1) is 16.3. The lowest BCUT2D eigenvalue weighted by Gasteiger charge is -2.40. The normalized spacial score (nSPS) is 23.9. The molecule has 1 unspecified atom stereocenters. The summed E-state index contributed by atoms with van der Waals surface area (Å²) in [7, 11) is 0. The second kappa shape index (κ2) is 6.49. The molecule has 2 N–H and O–H groups in total. The van der Waals surface area contributed by atoms with Crippen molar-refractivity contribution >= 4 is 17.3 Å². The van der Waals surface area contributed by atoms with Gasteiger partial charge in [0.25, 0.3) is 0 Å². The number of benzene rings is 1. The first-order chi connectivity index (χ1) is 11.0. The summed E-state index contributed by atoms with van der Waals surface area (Å²) in [5.74, 6) is -0.421. The quantitative estimate of drug-likeness (QED) is 0.841. The van der Waals surface area contributed by atoms with Gasteiger partial charge in [-0.3, -0.25) is 0 Å². The Morgan fingerprint density at radius 2 is 2.00 bits per heavy atom. The number of ether oxygens (including phenoxy) is 2. The summed E-state index contributed by atoms with van der Waals surface area (Å²) >= 11 is 5.82. The molecule has 1 aromatic rings. The van der Waals surface area contributed by atoms with Gasteiger partial charge < -0.3 is 15.2 Å². The van der Waals surface area contributed by atoms with Gasteiger partial charge in [0.05, 0.1) is 18.2 Å². The van der Waals surface area contributed by atoms with Crippen LogP contribution in [0.3, 0.4) is 0 Å². The fraction of sp³-hybridized carbons (Fsp3) is 0.412. The summed E-state index contributed by atoms with van der Waals surface area (Å²) < 4.78 is 39.6. The standard InChI is InChI=1S/C17H18ClF2NO2/c18-13-3-1-11(9-14(13)19)17(5-7-22-8-6-17)23-16-4-2-12(21)10-15(16)20/h1-4,10,14H,5-9,21H2. The van der Waals surface area contributed by atoms with Crippen molar-refractivity contribution in [2.75, 3.05) is 18.9 Å². The molecule has 2 aliphatic rings. The molecule has 3 rings (SSSR count). The Balaban J connectivity index is 1.94. The van der Waals surface area contributed by atoms with Gasteiger partial charge in [-0.1, -0.05) is 17.7 Å². The highest BCUT2D eigenvalue weighted by Crippen LogP contribution is 2.40. The van der Waals surface area contributed by atoms with Crippen LogP contribution in [0, 0.1) is 5.82 Å². The Hall–Kier alpha value is -1.59. The van der Waals surface area contributed by atoms with Gasteiger partial charge in [-0.25, -0.2) is 8.78 Å². The fourth-order valence-electron chi connectivity index (χ4n) is 2.98. The molecule has 0 radical (unpaired) electrons. The summed E-state index contributed by atoms with van der Waals surface area (Å²) in [5, 5.41) is 0.176. The van der Waals surface area contributed by atoms with Gasteiger partial charge in [-0.15, -0.1) is 0 Å². The van der Waals surface area contributed by atoms with Crippen molar-refractivity contribution in [3.8, 4) is 5.75 Å². The number of halogens is 3. The van der Waals surface area contributed by atoms with E-state index in [1.165, 1.54) is 12.1 Å². The molecular weight excluding hydrogens is 324 g/mol. The van der Waals surface area contributed by atoms with Gasteiger partial charge in [0.15, 0.2) is 11.6 Å². The number of allylic oxidation sites excluding steroid dienone is 3.